The predicted molar refractivity (Wildman–Crippen MR) is 229 cm³/mol. The van der Waals surface area contributed by atoms with Crippen molar-refractivity contribution in [2.45, 2.75) is 0 Å². The Hall–Kier alpha value is -7.16. The summed E-state index contributed by atoms with van der Waals surface area (Å²) in [6.45, 7) is 0. The largest absolute Gasteiger partial charge is 0.309 e. The minimum atomic E-state index is 1.09. The lowest BCUT2D eigenvalue weighted by atomic mass is 9.94. The second-order valence-corrected chi connectivity index (χ2v) is 13.7. The molecule has 2 nitrogen and oxygen atoms in total. The van der Waals surface area contributed by atoms with Crippen LogP contribution in [0.5, 0.6) is 0 Å². The molecule has 254 valence electrons. The molecule has 9 aromatic carbocycles. The molecule has 0 radical (unpaired) electrons. The molecule has 2 heteroatoms. The molecule has 0 spiro atoms. The summed E-state index contributed by atoms with van der Waals surface area (Å²) < 4.78 is 2.45. The maximum atomic E-state index is 2.48. The molecular weight excluding hydrogens is 653 g/mol. The lowest BCUT2D eigenvalue weighted by Crippen LogP contribution is -2.12. The highest BCUT2D eigenvalue weighted by Crippen LogP contribution is 2.48. The first-order valence-electron chi connectivity index (χ1n) is 18.5. The van der Waals surface area contributed by atoms with Crippen LogP contribution in [0.2, 0.25) is 0 Å². The van der Waals surface area contributed by atoms with E-state index in [0.717, 1.165) is 28.3 Å². The van der Waals surface area contributed by atoms with E-state index in [1.54, 1.807) is 0 Å². The van der Waals surface area contributed by atoms with Crippen molar-refractivity contribution in [3.8, 4) is 39.1 Å². The van der Waals surface area contributed by atoms with E-state index in [1.807, 2.05) is 0 Å². The van der Waals surface area contributed by atoms with Gasteiger partial charge in [-0.05, 0) is 75.5 Å². The van der Waals surface area contributed by atoms with E-state index in [4.69, 9.17) is 0 Å². The Morgan fingerprint density at radius 2 is 0.907 bits per heavy atom. The zero-order valence-corrected chi connectivity index (χ0v) is 29.7. The lowest BCUT2D eigenvalue weighted by Gasteiger charge is -2.30. The summed E-state index contributed by atoms with van der Waals surface area (Å²) in [5.41, 5.74) is 14.0. The van der Waals surface area contributed by atoms with Gasteiger partial charge in [-0.25, -0.2) is 0 Å². The number of rotatable bonds is 7. The lowest BCUT2D eigenvalue weighted by molar-refractivity contribution is 1.18. The molecule has 0 fully saturated rings. The van der Waals surface area contributed by atoms with Crippen LogP contribution in [0, 0.1) is 0 Å². The maximum Gasteiger partial charge on any atom is 0.0562 e. The van der Waals surface area contributed by atoms with Crippen molar-refractivity contribution in [3.63, 3.8) is 0 Å². The average Bonchev–Trinajstić information content (AvgIpc) is 3.60. The molecule has 0 bridgehead atoms. The van der Waals surface area contributed by atoms with Gasteiger partial charge in [0, 0.05) is 27.6 Å². The molecule has 10 aromatic rings. The molecule has 0 amide bonds. The van der Waals surface area contributed by atoms with Gasteiger partial charge < -0.3 is 9.47 Å². The van der Waals surface area contributed by atoms with Crippen LogP contribution in [0.15, 0.2) is 218 Å². The fourth-order valence-electron chi connectivity index (χ4n) is 8.17. The van der Waals surface area contributed by atoms with E-state index < -0.39 is 0 Å². The fraction of sp³-hybridized carbons (Fsp3) is 0. The van der Waals surface area contributed by atoms with Gasteiger partial charge in [-0.2, -0.15) is 0 Å². The summed E-state index contributed by atoms with van der Waals surface area (Å²) in [6.07, 6.45) is 0. The molecule has 1 heterocycles. The fourth-order valence-corrected chi connectivity index (χ4v) is 8.17. The quantitative estimate of drug-likeness (QED) is 0.162. The third kappa shape index (κ3) is 5.36. The Balaban J connectivity index is 1.29. The van der Waals surface area contributed by atoms with Crippen molar-refractivity contribution >= 4 is 49.6 Å². The first kappa shape index (κ1) is 31.6. The molecule has 0 aliphatic carbocycles. The highest BCUT2D eigenvalue weighted by atomic mass is 15.2. The average molecular weight is 689 g/mol. The molecule has 10 rings (SSSR count). The van der Waals surface area contributed by atoms with Crippen molar-refractivity contribution in [3.05, 3.63) is 218 Å². The van der Waals surface area contributed by atoms with Gasteiger partial charge in [0.25, 0.3) is 0 Å². The second kappa shape index (κ2) is 13.4. The summed E-state index contributed by atoms with van der Waals surface area (Å²) >= 11 is 0. The third-order valence-corrected chi connectivity index (χ3v) is 10.6. The van der Waals surface area contributed by atoms with Crippen LogP contribution < -0.4 is 4.90 Å². The standard InChI is InChI=1S/C52H36N2/c1-4-17-37(18-5-1)38-31-34-42(35-32-38)53(50-36-33-40-21-10-11-25-44(40)51(50)41-22-8-3-9-23-41)48-29-16-30-49-52(48)45-26-13-15-28-47(45)54(49)46-27-14-12-24-43(46)39-19-6-2-7-20-39/h1-36H. The zero-order chi connectivity index (χ0) is 35.8. The normalized spacial score (nSPS) is 11.3. The summed E-state index contributed by atoms with van der Waals surface area (Å²) in [7, 11) is 0. The van der Waals surface area contributed by atoms with Crippen LogP contribution in [0.4, 0.5) is 17.1 Å². The Morgan fingerprint density at radius 1 is 0.333 bits per heavy atom. The van der Waals surface area contributed by atoms with Crippen LogP contribution in [0.1, 0.15) is 0 Å². The molecular formula is C52H36N2. The van der Waals surface area contributed by atoms with Crippen molar-refractivity contribution in [1.82, 2.24) is 4.57 Å². The Bertz CT molecular complexity index is 2910. The monoisotopic (exact) mass is 688 g/mol. The van der Waals surface area contributed by atoms with Crippen LogP contribution in [-0.2, 0) is 0 Å². The Labute approximate surface area is 315 Å². The number of hydrogen-bond acceptors (Lipinski definition) is 1. The van der Waals surface area contributed by atoms with Gasteiger partial charge in [0.1, 0.15) is 0 Å². The third-order valence-electron chi connectivity index (χ3n) is 10.6. The summed E-state index contributed by atoms with van der Waals surface area (Å²) in [5.74, 6) is 0. The minimum absolute atomic E-state index is 1.09. The van der Waals surface area contributed by atoms with Gasteiger partial charge in [-0.3, -0.25) is 0 Å². The molecule has 0 N–H and O–H groups in total. The van der Waals surface area contributed by atoms with Crippen molar-refractivity contribution in [2.75, 3.05) is 4.90 Å². The van der Waals surface area contributed by atoms with E-state index >= 15 is 0 Å². The maximum absolute atomic E-state index is 2.48. The number of benzene rings is 9. The van der Waals surface area contributed by atoms with Gasteiger partial charge >= 0.3 is 0 Å². The van der Waals surface area contributed by atoms with Gasteiger partial charge in [0.05, 0.1) is 28.1 Å². The molecule has 0 atom stereocenters. The van der Waals surface area contributed by atoms with E-state index in [2.05, 4.69) is 228 Å². The Morgan fingerprint density at radius 3 is 1.67 bits per heavy atom. The number of hydrogen-bond donors (Lipinski definition) is 0. The van der Waals surface area contributed by atoms with Gasteiger partial charge in [0.2, 0.25) is 0 Å². The number of anilines is 3. The molecule has 0 unspecified atom stereocenters. The number of para-hydroxylation sites is 2. The molecule has 0 aliphatic heterocycles. The van der Waals surface area contributed by atoms with Crippen LogP contribution in [0.3, 0.4) is 0 Å². The van der Waals surface area contributed by atoms with Crippen LogP contribution >= 0.6 is 0 Å². The van der Waals surface area contributed by atoms with Gasteiger partial charge in [0.15, 0.2) is 0 Å². The first-order chi connectivity index (χ1) is 26.8. The SMILES string of the molecule is c1ccc(-c2ccc(N(c3ccc4ccccc4c3-c3ccccc3)c3cccc4c3c3ccccc3n4-c3ccccc3-c3ccccc3)cc2)cc1. The Kier molecular flexibility index (Phi) is 7.85. The van der Waals surface area contributed by atoms with Crippen LogP contribution in [0.25, 0.3) is 71.6 Å². The highest BCUT2D eigenvalue weighted by molar-refractivity contribution is 6.18. The van der Waals surface area contributed by atoms with E-state index in [0.29, 0.717) is 0 Å². The van der Waals surface area contributed by atoms with E-state index in [1.165, 1.54) is 60.4 Å². The molecule has 0 aliphatic rings. The number of fused-ring (bicyclic) bond motifs is 4. The summed E-state index contributed by atoms with van der Waals surface area (Å²) in [4.78, 5) is 2.48. The van der Waals surface area contributed by atoms with Crippen molar-refractivity contribution in [2.24, 2.45) is 0 Å². The molecule has 0 saturated carbocycles. The minimum Gasteiger partial charge on any atom is -0.309 e. The number of aromatic nitrogens is 1. The molecule has 0 saturated heterocycles. The summed E-state index contributed by atoms with van der Waals surface area (Å²) in [5, 5.41) is 4.85. The topological polar surface area (TPSA) is 8.17 Å². The van der Waals surface area contributed by atoms with Gasteiger partial charge in [-0.15, -0.1) is 0 Å². The van der Waals surface area contributed by atoms with Crippen molar-refractivity contribution < 1.29 is 0 Å². The van der Waals surface area contributed by atoms with Gasteiger partial charge in [-0.1, -0.05) is 176 Å². The zero-order valence-electron chi connectivity index (χ0n) is 29.7. The molecule has 54 heavy (non-hydrogen) atoms. The predicted octanol–water partition coefficient (Wildman–Crippen LogP) is 14.4. The number of nitrogens with zero attached hydrogens (tertiary/aromatic N) is 2. The van der Waals surface area contributed by atoms with Crippen molar-refractivity contribution in [1.29, 1.82) is 0 Å². The second-order valence-electron chi connectivity index (χ2n) is 13.7. The van der Waals surface area contributed by atoms with E-state index in [-0.39, 0.29) is 0 Å². The van der Waals surface area contributed by atoms with Crippen LogP contribution in [-0.4, -0.2) is 4.57 Å². The first-order valence-corrected chi connectivity index (χ1v) is 18.5. The summed E-state index contributed by atoms with van der Waals surface area (Å²) in [6, 6.07) is 78.9. The highest BCUT2D eigenvalue weighted by Gasteiger charge is 2.24. The smallest absolute Gasteiger partial charge is 0.0562 e. The van der Waals surface area contributed by atoms with E-state index in [9.17, 15) is 0 Å². The molecule has 1 aromatic heterocycles.